The second kappa shape index (κ2) is 5.38. The highest BCUT2D eigenvalue weighted by molar-refractivity contribution is 9.10. The van der Waals surface area contributed by atoms with E-state index < -0.39 is 6.10 Å². The Labute approximate surface area is 111 Å². The molecule has 1 fully saturated rings. The zero-order valence-electron chi connectivity index (χ0n) is 10.2. The molecular weight excluding hydrogens is 282 g/mol. The van der Waals surface area contributed by atoms with Crippen LogP contribution in [-0.2, 0) is 4.74 Å². The Hall–Kier alpha value is -0.580. The Morgan fingerprint density at radius 1 is 1.53 bits per heavy atom. The van der Waals surface area contributed by atoms with Gasteiger partial charge < -0.3 is 14.7 Å². The maximum Gasteiger partial charge on any atom is 0.0772 e. The zero-order chi connectivity index (χ0) is 12.4. The van der Waals surface area contributed by atoms with Gasteiger partial charge in [0.2, 0.25) is 0 Å². The molecular formula is C13H18BrNO2. The first-order valence-electron chi connectivity index (χ1n) is 5.87. The van der Waals surface area contributed by atoms with E-state index in [4.69, 9.17) is 4.74 Å². The lowest BCUT2D eigenvalue weighted by atomic mass is 10.1. The monoisotopic (exact) mass is 299 g/mol. The number of halogens is 1. The summed E-state index contributed by atoms with van der Waals surface area (Å²) < 4.78 is 6.33. The molecule has 94 valence electrons. The van der Waals surface area contributed by atoms with Crippen LogP contribution in [0.15, 0.2) is 22.7 Å². The van der Waals surface area contributed by atoms with Crippen molar-refractivity contribution in [2.75, 3.05) is 25.1 Å². The van der Waals surface area contributed by atoms with Gasteiger partial charge in [-0.2, -0.15) is 0 Å². The summed E-state index contributed by atoms with van der Waals surface area (Å²) in [6, 6.07) is 6.11. The number of aliphatic hydroxyl groups is 1. The van der Waals surface area contributed by atoms with Crippen LogP contribution in [0.1, 0.15) is 25.0 Å². The number of ether oxygens (including phenoxy) is 1. The smallest absolute Gasteiger partial charge is 0.0772 e. The Kier molecular flexibility index (Phi) is 4.07. The van der Waals surface area contributed by atoms with Crippen molar-refractivity contribution in [2.45, 2.75) is 25.6 Å². The lowest BCUT2D eigenvalue weighted by Gasteiger charge is -2.20. The van der Waals surface area contributed by atoms with Crippen LogP contribution in [0.4, 0.5) is 5.69 Å². The maximum absolute atomic E-state index is 9.58. The number of rotatable bonds is 3. The molecule has 1 aromatic carbocycles. The molecule has 2 rings (SSSR count). The van der Waals surface area contributed by atoms with Crippen molar-refractivity contribution >= 4 is 21.6 Å². The van der Waals surface area contributed by atoms with Crippen molar-refractivity contribution in [2.24, 2.45) is 0 Å². The summed E-state index contributed by atoms with van der Waals surface area (Å²) in [6.07, 6.45) is 0.973. The predicted molar refractivity (Wildman–Crippen MR) is 72.4 cm³/mol. The van der Waals surface area contributed by atoms with Gasteiger partial charge in [0.25, 0.3) is 0 Å². The zero-order valence-corrected chi connectivity index (χ0v) is 11.8. The summed E-state index contributed by atoms with van der Waals surface area (Å²) in [7, 11) is 1.76. The molecule has 1 heterocycles. The molecule has 0 spiro atoms. The van der Waals surface area contributed by atoms with E-state index in [1.54, 1.807) is 14.0 Å². The van der Waals surface area contributed by atoms with Gasteiger partial charge in [-0.15, -0.1) is 0 Å². The Morgan fingerprint density at radius 3 is 2.82 bits per heavy atom. The molecule has 3 nitrogen and oxygen atoms in total. The SMILES string of the molecule is COC1CCN(c2ccc([C@@H](C)O)c(Br)c2)C1. The molecule has 1 aromatic rings. The first-order chi connectivity index (χ1) is 8.11. The summed E-state index contributed by atoms with van der Waals surface area (Å²) in [5.74, 6) is 0. The highest BCUT2D eigenvalue weighted by Gasteiger charge is 2.22. The van der Waals surface area contributed by atoms with E-state index in [1.165, 1.54) is 5.69 Å². The molecule has 1 N–H and O–H groups in total. The van der Waals surface area contributed by atoms with Crippen molar-refractivity contribution in [3.8, 4) is 0 Å². The van der Waals surface area contributed by atoms with Crippen LogP contribution < -0.4 is 4.90 Å². The quantitative estimate of drug-likeness (QED) is 0.931. The number of methoxy groups -OCH3 is 1. The van der Waals surface area contributed by atoms with Crippen LogP contribution in [0.2, 0.25) is 0 Å². The molecule has 1 unspecified atom stereocenters. The summed E-state index contributed by atoms with van der Waals surface area (Å²) in [6.45, 7) is 3.74. The molecule has 1 aliphatic heterocycles. The van der Waals surface area contributed by atoms with Gasteiger partial charge in [-0.3, -0.25) is 0 Å². The molecule has 17 heavy (non-hydrogen) atoms. The minimum Gasteiger partial charge on any atom is -0.389 e. The number of benzene rings is 1. The molecule has 4 heteroatoms. The van der Waals surface area contributed by atoms with E-state index in [1.807, 2.05) is 6.07 Å². The van der Waals surface area contributed by atoms with Gasteiger partial charge in [-0.05, 0) is 31.0 Å². The largest absolute Gasteiger partial charge is 0.389 e. The standard InChI is InChI=1S/C13H18BrNO2/c1-9(16)12-4-3-10(7-13(12)14)15-6-5-11(8-15)17-2/h3-4,7,9,11,16H,5-6,8H2,1-2H3/t9-,11?/m1/s1. The molecule has 1 aliphatic rings. The average molecular weight is 300 g/mol. The first kappa shape index (κ1) is 12.9. The fraction of sp³-hybridized carbons (Fsp3) is 0.538. The van der Waals surface area contributed by atoms with Gasteiger partial charge >= 0.3 is 0 Å². The van der Waals surface area contributed by atoms with Gasteiger partial charge in [-0.25, -0.2) is 0 Å². The van der Waals surface area contributed by atoms with Gasteiger partial charge in [-0.1, -0.05) is 22.0 Å². The van der Waals surface area contributed by atoms with Gasteiger partial charge in [0.15, 0.2) is 0 Å². The van der Waals surface area contributed by atoms with E-state index in [0.717, 1.165) is 29.5 Å². The van der Waals surface area contributed by atoms with Crippen LogP contribution >= 0.6 is 15.9 Å². The van der Waals surface area contributed by atoms with Crippen LogP contribution in [0.5, 0.6) is 0 Å². The van der Waals surface area contributed by atoms with E-state index in [9.17, 15) is 5.11 Å². The van der Waals surface area contributed by atoms with Crippen molar-refractivity contribution in [3.05, 3.63) is 28.2 Å². The average Bonchev–Trinajstić information content (AvgIpc) is 2.76. The van der Waals surface area contributed by atoms with Gasteiger partial charge in [0.05, 0.1) is 12.2 Å². The Balaban J connectivity index is 2.15. The van der Waals surface area contributed by atoms with Gasteiger partial charge in [0, 0.05) is 30.4 Å². The van der Waals surface area contributed by atoms with Crippen LogP contribution in [-0.4, -0.2) is 31.4 Å². The summed E-state index contributed by atoms with van der Waals surface area (Å²) in [4.78, 5) is 2.31. The molecule has 0 radical (unpaired) electrons. The Morgan fingerprint density at radius 2 is 2.29 bits per heavy atom. The summed E-state index contributed by atoms with van der Waals surface area (Å²) in [5, 5.41) is 9.58. The third-order valence-electron chi connectivity index (χ3n) is 3.28. The third kappa shape index (κ3) is 2.81. The summed E-state index contributed by atoms with van der Waals surface area (Å²) >= 11 is 3.51. The van der Waals surface area contributed by atoms with E-state index in [2.05, 4.69) is 33.0 Å². The van der Waals surface area contributed by atoms with E-state index in [0.29, 0.717) is 6.10 Å². The maximum atomic E-state index is 9.58. The van der Waals surface area contributed by atoms with E-state index in [-0.39, 0.29) is 0 Å². The number of anilines is 1. The number of aliphatic hydroxyl groups excluding tert-OH is 1. The van der Waals surface area contributed by atoms with Crippen LogP contribution in [0, 0.1) is 0 Å². The lowest BCUT2D eigenvalue weighted by molar-refractivity contribution is 0.121. The van der Waals surface area contributed by atoms with Crippen LogP contribution in [0.25, 0.3) is 0 Å². The fourth-order valence-corrected chi connectivity index (χ4v) is 2.90. The molecule has 0 saturated carbocycles. The van der Waals surface area contributed by atoms with Crippen molar-refractivity contribution in [3.63, 3.8) is 0 Å². The molecule has 2 atom stereocenters. The minimum absolute atomic E-state index is 0.338. The van der Waals surface area contributed by atoms with Gasteiger partial charge in [0.1, 0.15) is 0 Å². The first-order valence-corrected chi connectivity index (χ1v) is 6.66. The second-order valence-electron chi connectivity index (χ2n) is 4.47. The third-order valence-corrected chi connectivity index (χ3v) is 3.96. The molecule has 0 aromatic heterocycles. The Bertz CT molecular complexity index is 395. The molecule has 0 amide bonds. The van der Waals surface area contributed by atoms with Crippen molar-refractivity contribution < 1.29 is 9.84 Å². The van der Waals surface area contributed by atoms with Crippen LogP contribution in [0.3, 0.4) is 0 Å². The number of nitrogens with zero attached hydrogens (tertiary/aromatic N) is 1. The molecule has 0 bridgehead atoms. The molecule has 0 aliphatic carbocycles. The molecule has 1 saturated heterocycles. The normalized spacial score (nSPS) is 21.9. The van der Waals surface area contributed by atoms with E-state index >= 15 is 0 Å². The topological polar surface area (TPSA) is 32.7 Å². The fourth-order valence-electron chi connectivity index (χ4n) is 2.21. The number of hydrogen-bond donors (Lipinski definition) is 1. The number of hydrogen-bond acceptors (Lipinski definition) is 3. The van der Waals surface area contributed by atoms with Crippen molar-refractivity contribution in [1.82, 2.24) is 0 Å². The van der Waals surface area contributed by atoms with Crippen molar-refractivity contribution in [1.29, 1.82) is 0 Å². The lowest BCUT2D eigenvalue weighted by Crippen LogP contribution is -2.22. The second-order valence-corrected chi connectivity index (χ2v) is 5.33. The predicted octanol–water partition coefficient (Wildman–Crippen LogP) is 2.73. The highest BCUT2D eigenvalue weighted by Crippen LogP contribution is 2.30. The summed E-state index contributed by atoms with van der Waals surface area (Å²) in [5.41, 5.74) is 2.11. The highest BCUT2D eigenvalue weighted by atomic mass is 79.9. The minimum atomic E-state index is -0.441.